The topological polar surface area (TPSA) is 95.9 Å². The van der Waals surface area contributed by atoms with Crippen molar-refractivity contribution in [2.24, 2.45) is 0 Å². The Balaban J connectivity index is 3.49. The van der Waals surface area contributed by atoms with Gasteiger partial charge >= 0.3 is 5.97 Å². The Labute approximate surface area is 455 Å². The smallest absolute Gasteiger partial charge is 0.305 e. The number of aliphatic hydroxyl groups is 2. The number of esters is 1. The number of rotatable bonds is 60. The predicted octanol–water partition coefficient (Wildman–Crippen LogP) is 20.5. The molecule has 1 amide bonds. The molecule has 428 valence electrons. The molecule has 0 heterocycles. The van der Waals surface area contributed by atoms with Crippen molar-refractivity contribution < 1.29 is 24.5 Å². The number of hydrogen-bond acceptors (Lipinski definition) is 5. The second kappa shape index (κ2) is 62.4. The predicted molar refractivity (Wildman–Crippen MR) is 319 cm³/mol. The Kier molecular flexibility index (Phi) is 60.5. The van der Waals surface area contributed by atoms with Gasteiger partial charge in [0.05, 0.1) is 25.4 Å². The molecule has 0 aromatic rings. The summed E-state index contributed by atoms with van der Waals surface area (Å²) < 4.78 is 5.48. The van der Waals surface area contributed by atoms with Crippen molar-refractivity contribution in [3.05, 3.63) is 48.6 Å². The van der Waals surface area contributed by atoms with E-state index in [4.69, 9.17) is 4.74 Å². The van der Waals surface area contributed by atoms with Gasteiger partial charge in [-0.3, -0.25) is 9.59 Å². The first-order valence-electron chi connectivity index (χ1n) is 32.4. The van der Waals surface area contributed by atoms with E-state index in [9.17, 15) is 19.8 Å². The van der Waals surface area contributed by atoms with E-state index in [-0.39, 0.29) is 18.5 Å². The van der Waals surface area contributed by atoms with Gasteiger partial charge in [0, 0.05) is 12.8 Å². The largest absolute Gasteiger partial charge is 0.466 e. The number of ether oxygens (including phenoxy) is 1. The van der Waals surface area contributed by atoms with Crippen LogP contribution in [0.4, 0.5) is 0 Å². The lowest BCUT2D eigenvalue weighted by Crippen LogP contribution is -2.45. The zero-order valence-electron chi connectivity index (χ0n) is 48.9. The lowest BCUT2D eigenvalue weighted by molar-refractivity contribution is -0.143. The molecule has 0 aliphatic heterocycles. The van der Waals surface area contributed by atoms with Gasteiger partial charge in [-0.25, -0.2) is 0 Å². The van der Waals surface area contributed by atoms with Gasteiger partial charge in [-0.1, -0.05) is 287 Å². The molecule has 0 spiro atoms. The maximum absolute atomic E-state index is 12.5. The summed E-state index contributed by atoms with van der Waals surface area (Å²) in [5.41, 5.74) is 0. The van der Waals surface area contributed by atoms with Gasteiger partial charge in [0.15, 0.2) is 0 Å². The number of hydrogen-bond donors (Lipinski definition) is 3. The maximum Gasteiger partial charge on any atom is 0.305 e. The zero-order valence-corrected chi connectivity index (χ0v) is 48.9. The van der Waals surface area contributed by atoms with Crippen LogP contribution in [0.2, 0.25) is 0 Å². The van der Waals surface area contributed by atoms with Crippen LogP contribution in [0, 0.1) is 0 Å². The molecule has 0 saturated carbocycles. The van der Waals surface area contributed by atoms with Crippen molar-refractivity contribution in [1.82, 2.24) is 5.32 Å². The number of allylic oxidation sites excluding steroid dienone is 7. The third-order valence-corrected chi connectivity index (χ3v) is 14.8. The summed E-state index contributed by atoms with van der Waals surface area (Å²) in [5.74, 6) is -0.0917. The SMILES string of the molecule is CCCCCC/C=C\C/C=C\CCCCCCCC(=O)OCCCCCCCCCCC/C=C\CCCCCCCC(=O)NC(CO)C(O)/C=C/CCCCCCCCCCCCCCCCCCCCCC. The minimum absolute atomic E-state index is 0.0113. The Morgan fingerprint density at radius 1 is 0.384 bits per heavy atom. The van der Waals surface area contributed by atoms with Gasteiger partial charge < -0.3 is 20.3 Å². The average Bonchev–Trinajstić information content (AvgIpc) is 3.39. The number of amides is 1. The molecule has 2 atom stereocenters. The van der Waals surface area contributed by atoms with Crippen LogP contribution in [0.5, 0.6) is 0 Å². The van der Waals surface area contributed by atoms with E-state index in [1.165, 1.54) is 244 Å². The van der Waals surface area contributed by atoms with Crippen LogP contribution in [-0.4, -0.2) is 47.4 Å². The number of carbonyl (C=O) groups is 2. The lowest BCUT2D eigenvalue weighted by atomic mass is 10.0. The summed E-state index contributed by atoms with van der Waals surface area (Å²) in [4.78, 5) is 24.6. The van der Waals surface area contributed by atoms with E-state index < -0.39 is 12.1 Å². The lowest BCUT2D eigenvalue weighted by Gasteiger charge is -2.20. The van der Waals surface area contributed by atoms with Crippen LogP contribution in [0.3, 0.4) is 0 Å². The van der Waals surface area contributed by atoms with E-state index in [2.05, 4.69) is 55.6 Å². The highest BCUT2D eigenvalue weighted by molar-refractivity contribution is 5.76. The third-order valence-electron chi connectivity index (χ3n) is 14.8. The van der Waals surface area contributed by atoms with Crippen LogP contribution < -0.4 is 5.32 Å². The van der Waals surface area contributed by atoms with Crippen LogP contribution in [0.1, 0.15) is 341 Å². The van der Waals surface area contributed by atoms with Gasteiger partial charge in [-0.15, -0.1) is 0 Å². The monoisotopic (exact) mass is 1020 g/mol. The first-order valence-corrected chi connectivity index (χ1v) is 32.4. The molecule has 0 aliphatic rings. The average molecular weight is 1020 g/mol. The van der Waals surface area contributed by atoms with Crippen LogP contribution in [-0.2, 0) is 14.3 Å². The number of unbranched alkanes of at least 4 members (excludes halogenated alkanes) is 43. The second-order valence-electron chi connectivity index (χ2n) is 22.1. The van der Waals surface area contributed by atoms with Crippen molar-refractivity contribution in [2.45, 2.75) is 353 Å². The van der Waals surface area contributed by atoms with Crippen molar-refractivity contribution in [2.75, 3.05) is 13.2 Å². The molecule has 2 unspecified atom stereocenters. The van der Waals surface area contributed by atoms with Gasteiger partial charge in [-0.05, 0) is 89.9 Å². The quantitative estimate of drug-likeness (QED) is 0.0320. The second-order valence-corrected chi connectivity index (χ2v) is 22.1. The molecule has 6 heteroatoms. The summed E-state index contributed by atoms with van der Waals surface area (Å²) in [7, 11) is 0. The third kappa shape index (κ3) is 58.9. The summed E-state index contributed by atoms with van der Waals surface area (Å²) in [5, 5.41) is 23.2. The fourth-order valence-corrected chi connectivity index (χ4v) is 9.84. The zero-order chi connectivity index (χ0) is 52.9. The standard InChI is InChI=1S/C67H125NO5/c1-3-5-7-9-11-13-15-17-19-21-22-23-24-25-28-31-35-39-43-47-51-55-59-65(70)64(63-69)68-66(71)60-56-52-48-44-40-36-32-29-26-27-30-34-38-42-46-50-54-58-62-73-67(72)61-57-53-49-45-41-37-33-20-18-16-14-12-10-8-6-4-2/h14,16,20,29,32-33,55,59,64-65,69-70H,3-13,15,17-19,21-28,30-31,34-54,56-58,60-63H2,1-2H3,(H,68,71)/b16-14-,32-29-,33-20-,59-55+. The van der Waals surface area contributed by atoms with Crippen LogP contribution >= 0.6 is 0 Å². The van der Waals surface area contributed by atoms with E-state index in [1.807, 2.05) is 6.08 Å². The molecule has 0 rings (SSSR count). The van der Waals surface area contributed by atoms with Crippen LogP contribution in [0.15, 0.2) is 48.6 Å². The fraction of sp³-hybridized carbons (Fsp3) is 0.851. The molecule has 73 heavy (non-hydrogen) atoms. The van der Waals surface area contributed by atoms with Crippen molar-refractivity contribution in [1.29, 1.82) is 0 Å². The number of nitrogens with one attached hydrogen (secondary N) is 1. The molecule has 0 radical (unpaired) electrons. The van der Waals surface area contributed by atoms with Crippen molar-refractivity contribution in [3.63, 3.8) is 0 Å². The molecular weight excluding hydrogens is 899 g/mol. The molecule has 0 saturated heterocycles. The van der Waals surface area contributed by atoms with E-state index in [0.29, 0.717) is 19.4 Å². The summed E-state index contributed by atoms with van der Waals surface area (Å²) in [6.45, 7) is 4.88. The van der Waals surface area contributed by atoms with E-state index >= 15 is 0 Å². The highest BCUT2D eigenvalue weighted by atomic mass is 16.5. The molecule has 3 N–H and O–H groups in total. The molecular formula is C67H125NO5. The normalized spacial score (nSPS) is 12.9. The van der Waals surface area contributed by atoms with Gasteiger partial charge in [0.25, 0.3) is 0 Å². The van der Waals surface area contributed by atoms with Gasteiger partial charge in [0.2, 0.25) is 5.91 Å². The molecule has 6 nitrogen and oxygen atoms in total. The van der Waals surface area contributed by atoms with Gasteiger partial charge in [0.1, 0.15) is 0 Å². The van der Waals surface area contributed by atoms with E-state index in [0.717, 1.165) is 70.6 Å². The highest BCUT2D eigenvalue weighted by Gasteiger charge is 2.18. The summed E-state index contributed by atoms with van der Waals surface area (Å²) >= 11 is 0. The van der Waals surface area contributed by atoms with Crippen molar-refractivity contribution in [3.8, 4) is 0 Å². The minimum atomic E-state index is -0.856. The van der Waals surface area contributed by atoms with E-state index in [1.54, 1.807) is 6.08 Å². The minimum Gasteiger partial charge on any atom is -0.466 e. The number of carbonyl (C=O) groups excluding carboxylic acids is 2. The molecule has 0 aliphatic carbocycles. The highest BCUT2D eigenvalue weighted by Crippen LogP contribution is 2.17. The van der Waals surface area contributed by atoms with Crippen LogP contribution in [0.25, 0.3) is 0 Å². The fourth-order valence-electron chi connectivity index (χ4n) is 9.84. The molecule has 0 aromatic carbocycles. The maximum atomic E-state index is 12.5. The van der Waals surface area contributed by atoms with Crippen molar-refractivity contribution >= 4 is 11.9 Å². The van der Waals surface area contributed by atoms with Gasteiger partial charge in [-0.2, -0.15) is 0 Å². The Morgan fingerprint density at radius 3 is 1.07 bits per heavy atom. The molecule has 0 aromatic heterocycles. The Hall–Kier alpha value is -2.18. The number of aliphatic hydroxyl groups excluding tert-OH is 2. The Morgan fingerprint density at radius 2 is 0.685 bits per heavy atom. The summed E-state index contributed by atoms with van der Waals surface area (Å²) in [6.07, 6.45) is 80.1. The molecule has 0 fully saturated rings. The summed E-state index contributed by atoms with van der Waals surface area (Å²) in [6, 6.07) is -0.640. The molecule has 0 bridgehead atoms. The first kappa shape index (κ1) is 70.8. The Bertz CT molecular complexity index is 1230. The first-order chi connectivity index (χ1) is 36.0.